The average Bonchev–Trinajstić information content (AvgIpc) is 2.83. The number of alkyl halides is 1. The van der Waals surface area contributed by atoms with Gasteiger partial charge in [-0.05, 0) is 18.6 Å². The molecule has 18 heavy (non-hydrogen) atoms. The van der Waals surface area contributed by atoms with Gasteiger partial charge in [0.25, 0.3) is 5.89 Å². The second-order valence-corrected chi connectivity index (χ2v) is 3.98. The van der Waals surface area contributed by atoms with E-state index in [0.29, 0.717) is 24.1 Å². The van der Waals surface area contributed by atoms with Crippen molar-refractivity contribution in [3.8, 4) is 5.75 Å². The van der Waals surface area contributed by atoms with E-state index in [2.05, 4.69) is 10.2 Å². The number of hydrogen-bond donors (Lipinski definition) is 0. The van der Waals surface area contributed by atoms with Crippen LogP contribution in [-0.2, 0) is 13.0 Å². The standard InChI is InChI=1S/C12H12ClFN2O2/c13-7-3-6-11-15-16-12(18-11)8-17-10-5-2-1-4-9(10)14/h1-2,4-5H,3,6-8H2. The van der Waals surface area contributed by atoms with Crippen molar-refractivity contribution in [1.82, 2.24) is 10.2 Å². The lowest BCUT2D eigenvalue weighted by molar-refractivity contribution is 0.248. The molecule has 0 atom stereocenters. The third-order valence-corrected chi connectivity index (χ3v) is 2.49. The summed E-state index contributed by atoms with van der Waals surface area (Å²) < 4.78 is 23.8. The van der Waals surface area contributed by atoms with Gasteiger partial charge in [-0.25, -0.2) is 4.39 Å². The maximum atomic E-state index is 13.3. The molecule has 0 fully saturated rings. The summed E-state index contributed by atoms with van der Waals surface area (Å²) in [6.45, 7) is 0.0504. The Kier molecular flexibility index (Phi) is 4.52. The van der Waals surface area contributed by atoms with Crippen LogP contribution in [0, 0.1) is 5.82 Å². The summed E-state index contributed by atoms with van der Waals surface area (Å²) in [6.07, 6.45) is 1.41. The average molecular weight is 271 g/mol. The molecule has 4 nitrogen and oxygen atoms in total. The lowest BCUT2D eigenvalue weighted by atomic mass is 10.3. The van der Waals surface area contributed by atoms with Crippen molar-refractivity contribution in [3.05, 3.63) is 41.9 Å². The van der Waals surface area contributed by atoms with Crippen molar-refractivity contribution in [3.63, 3.8) is 0 Å². The maximum absolute atomic E-state index is 13.3. The maximum Gasteiger partial charge on any atom is 0.253 e. The molecule has 0 aliphatic heterocycles. The first-order chi connectivity index (χ1) is 8.79. The number of hydrogen-bond acceptors (Lipinski definition) is 4. The van der Waals surface area contributed by atoms with E-state index in [1.54, 1.807) is 18.2 Å². The monoisotopic (exact) mass is 270 g/mol. The number of para-hydroxylation sites is 1. The van der Waals surface area contributed by atoms with Crippen molar-refractivity contribution >= 4 is 11.6 Å². The lowest BCUT2D eigenvalue weighted by Crippen LogP contribution is -1.97. The van der Waals surface area contributed by atoms with Gasteiger partial charge in [-0.1, -0.05) is 12.1 Å². The molecule has 0 saturated carbocycles. The second-order valence-electron chi connectivity index (χ2n) is 3.60. The van der Waals surface area contributed by atoms with E-state index < -0.39 is 5.82 Å². The molecule has 0 bridgehead atoms. The fourth-order valence-corrected chi connectivity index (χ4v) is 1.50. The van der Waals surface area contributed by atoms with E-state index in [0.717, 1.165) is 6.42 Å². The summed E-state index contributed by atoms with van der Waals surface area (Å²) in [6, 6.07) is 6.16. The van der Waals surface area contributed by atoms with Gasteiger partial charge in [0.15, 0.2) is 18.2 Å². The molecule has 0 spiro atoms. The first-order valence-corrected chi connectivity index (χ1v) is 6.07. The van der Waals surface area contributed by atoms with Crippen LogP contribution in [0.3, 0.4) is 0 Å². The Balaban J connectivity index is 1.90. The number of benzene rings is 1. The van der Waals surface area contributed by atoms with Gasteiger partial charge in [-0.3, -0.25) is 0 Å². The number of halogens is 2. The summed E-state index contributed by atoms with van der Waals surface area (Å²) in [5.74, 6) is 1.13. The number of aryl methyl sites for hydroxylation is 1. The van der Waals surface area contributed by atoms with Gasteiger partial charge in [-0.15, -0.1) is 21.8 Å². The predicted octanol–water partition coefficient (Wildman–Crippen LogP) is 2.96. The Hall–Kier alpha value is -1.62. The minimum absolute atomic E-state index is 0.0504. The molecule has 2 rings (SSSR count). The van der Waals surface area contributed by atoms with Crippen molar-refractivity contribution in [2.45, 2.75) is 19.4 Å². The van der Waals surface area contributed by atoms with Crippen molar-refractivity contribution < 1.29 is 13.5 Å². The lowest BCUT2D eigenvalue weighted by Gasteiger charge is -2.03. The smallest absolute Gasteiger partial charge is 0.253 e. The number of rotatable bonds is 6. The van der Waals surface area contributed by atoms with Crippen LogP contribution in [0.25, 0.3) is 0 Å². The van der Waals surface area contributed by atoms with Gasteiger partial charge >= 0.3 is 0 Å². The molecule has 0 amide bonds. The van der Waals surface area contributed by atoms with Gasteiger partial charge in [0.2, 0.25) is 5.89 Å². The van der Waals surface area contributed by atoms with Crippen LogP contribution in [-0.4, -0.2) is 16.1 Å². The van der Waals surface area contributed by atoms with Crippen LogP contribution in [0.15, 0.2) is 28.7 Å². The number of ether oxygens (including phenoxy) is 1. The molecule has 96 valence electrons. The van der Waals surface area contributed by atoms with E-state index in [1.807, 2.05) is 0 Å². The molecule has 6 heteroatoms. The third-order valence-electron chi connectivity index (χ3n) is 2.22. The third kappa shape index (κ3) is 3.43. The molecule has 2 aromatic rings. The molecule has 1 aromatic heterocycles. The molecular weight excluding hydrogens is 259 g/mol. The zero-order chi connectivity index (χ0) is 12.8. The van der Waals surface area contributed by atoms with E-state index in [1.165, 1.54) is 6.07 Å². The van der Waals surface area contributed by atoms with Gasteiger partial charge in [-0.2, -0.15) is 0 Å². The molecular formula is C12H12ClFN2O2. The van der Waals surface area contributed by atoms with Gasteiger partial charge in [0.05, 0.1) is 0 Å². The first-order valence-electron chi connectivity index (χ1n) is 5.54. The fourth-order valence-electron chi connectivity index (χ4n) is 1.37. The Labute approximate surface area is 109 Å². The van der Waals surface area contributed by atoms with E-state index in [-0.39, 0.29) is 12.4 Å². The van der Waals surface area contributed by atoms with Crippen LogP contribution in [0.4, 0.5) is 4.39 Å². The predicted molar refractivity (Wildman–Crippen MR) is 64.1 cm³/mol. The summed E-state index contributed by atoms with van der Waals surface area (Å²) in [5, 5.41) is 7.65. The van der Waals surface area contributed by atoms with Crippen molar-refractivity contribution in [2.24, 2.45) is 0 Å². The Morgan fingerprint density at radius 2 is 2.00 bits per heavy atom. The van der Waals surface area contributed by atoms with Crippen molar-refractivity contribution in [1.29, 1.82) is 0 Å². The summed E-state index contributed by atoms with van der Waals surface area (Å²) in [5.41, 5.74) is 0. The van der Waals surface area contributed by atoms with E-state index in [9.17, 15) is 4.39 Å². The van der Waals surface area contributed by atoms with Crippen LogP contribution in [0.2, 0.25) is 0 Å². The molecule has 0 N–H and O–H groups in total. The molecule has 0 aliphatic rings. The number of aromatic nitrogens is 2. The highest BCUT2D eigenvalue weighted by Gasteiger charge is 2.08. The van der Waals surface area contributed by atoms with Crippen LogP contribution in [0.1, 0.15) is 18.2 Å². The molecule has 1 aromatic carbocycles. The van der Waals surface area contributed by atoms with Crippen LogP contribution < -0.4 is 4.74 Å². The quantitative estimate of drug-likeness (QED) is 0.757. The minimum Gasteiger partial charge on any atom is -0.481 e. The van der Waals surface area contributed by atoms with E-state index >= 15 is 0 Å². The zero-order valence-corrected chi connectivity index (χ0v) is 10.4. The Morgan fingerprint density at radius 1 is 1.22 bits per heavy atom. The number of nitrogens with zero attached hydrogens (tertiary/aromatic N) is 2. The zero-order valence-electron chi connectivity index (χ0n) is 9.60. The largest absolute Gasteiger partial charge is 0.481 e. The molecule has 1 heterocycles. The summed E-state index contributed by atoms with van der Waals surface area (Å²) in [7, 11) is 0. The van der Waals surface area contributed by atoms with Gasteiger partial charge < -0.3 is 9.15 Å². The molecule has 0 aliphatic carbocycles. The summed E-state index contributed by atoms with van der Waals surface area (Å²) in [4.78, 5) is 0. The highest BCUT2D eigenvalue weighted by atomic mass is 35.5. The Morgan fingerprint density at radius 3 is 2.78 bits per heavy atom. The Bertz CT molecular complexity index is 504. The van der Waals surface area contributed by atoms with Gasteiger partial charge in [0, 0.05) is 12.3 Å². The molecule has 0 radical (unpaired) electrons. The van der Waals surface area contributed by atoms with Crippen LogP contribution in [0.5, 0.6) is 5.75 Å². The van der Waals surface area contributed by atoms with Crippen LogP contribution >= 0.6 is 11.6 Å². The van der Waals surface area contributed by atoms with Crippen molar-refractivity contribution in [2.75, 3.05) is 5.88 Å². The topological polar surface area (TPSA) is 48.2 Å². The molecule has 0 saturated heterocycles. The highest BCUT2D eigenvalue weighted by Crippen LogP contribution is 2.16. The fraction of sp³-hybridized carbons (Fsp3) is 0.333. The van der Waals surface area contributed by atoms with E-state index in [4.69, 9.17) is 20.8 Å². The highest BCUT2D eigenvalue weighted by molar-refractivity contribution is 6.17. The normalized spacial score (nSPS) is 10.6. The van der Waals surface area contributed by atoms with Gasteiger partial charge in [0.1, 0.15) is 0 Å². The summed E-state index contributed by atoms with van der Waals surface area (Å²) >= 11 is 5.56. The SMILES string of the molecule is Fc1ccccc1OCc1nnc(CCCCl)o1. The minimum atomic E-state index is -0.417. The second kappa shape index (κ2) is 6.35. The first kappa shape index (κ1) is 12.8. The molecule has 0 unspecified atom stereocenters.